The number of furan rings is 1. The highest BCUT2D eigenvalue weighted by molar-refractivity contribution is 6.31. The van der Waals surface area contributed by atoms with Crippen LogP contribution in [0.5, 0.6) is 0 Å². The van der Waals surface area contributed by atoms with Crippen molar-refractivity contribution in [1.82, 2.24) is 4.98 Å². The average Bonchev–Trinajstić information content (AvgIpc) is 2.80. The summed E-state index contributed by atoms with van der Waals surface area (Å²) in [4.78, 5) is 4.11. The molecule has 1 unspecified atom stereocenters. The van der Waals surface area contributed by atoms with Crippen molar-refractivity contribution in [2.75, 3.05) is 0 Å². The van der Waals surface area contributed by atoms with Crippen LogP contribution < -0.4 is 0 Å². The Balaban J connectivity index is 2.04. The number of rotatable bonds is 2. The van der Waals surface area contributed by atoms with E-state index < -0.39 is 6.10 Å². The maximum absolute atomic E-state index is 10.3. The van der Waals surface area contributed by atoms with Gasteiger partial charge in [0.25, 0.3) is 0 Å². The number of aryl methyl sites for hydroxylation is 1. The topological polar surface area (TPSA) is 46.3 Å². The smallest absolute Gasteiger partial charge is 0.138 e. The lowest BCUT2D eigenvalue weighted by Crippen LogP contribution is -1.98. The van der Waals surface area contributed by atoms with Gasteiger partial charge in [0, 0.05) is 22.3 Å². The van der Waals surface area contributed by atoms with E-state index in [1.165, 1.54) is 0 Å². The third-order valence-corrected chi connectivity index (χ3v) is 3.24. The summed E-state index contributed by atoms with van der Waals surface area (Å²) in [5, 5.41) is 11.9. The van der Waals surface area contributed by atoms with Gasteiger partial charge in [0.15, 0.2) is 0 Å². The highest BCUT2D eigenvalue weighted by Crippen LogP contribution is 2.29. The van der Waals surface area contributed by atoms with Crippen molar-refractivity contribution >= 4 is 22.6 Å². The molecule has 0 aliphatic rings. The number of pyridine rings is 1. The maximum Gasteiger partial charge on any atom is 0.138 e. The second-order valence-corrected chi connectivity index (χ2v) is 4.90. The van der Waals surface area contributed by atoms with E-state index in [4.69, 9.17) is 16.0 Å². The predicted molar refractivity (Wildman–Crippen MR) is 74.3 cm³/mol. The van der Waals surface area contributed by atoms with Gasteiger partial charge in [-0.2, -0.15) is 0 Å². The van der Waals surface area contributed by atoms with Crippen LogP contribution in [-0.2, 0) is 0 Å². The molecule has 1 N–H and O–H groups in total. The first-order valence-corrected chi connectivity index (χ1v) is 6.31. The first kappa shape index (κ1) is 12.2. The first-order chi connectivity index (χ1) is 9.13. The van der Waals surface area contributed by atoms with Crippen molar-refractivity contribution in [1.29, 1.82) is 0 Å². The molecule has 1 atom stereocenters. The third kappa shape index (κ3) is 2.35. The first-order valence-electron chi connectivity index (χ1n) is 5.93. The molecule has 0 bridgehead atoms. The quantitative estimate of drug-likeness (QED) is 0.771. The summed E-state index contributed by atoms with van der Waals surface area (Å²) >= 11 is 5.93. The van der Waals surface area contributed by atoms with Crippen molar-refractivity contribution in [2.24, 2.45) is 0 Å². The summed E-state index contributed by atoms with van der Waals surface area (Å²) < 4.78 is 5.65. The van der Waals surface area contributed by atoms with E-state index >= 15 is 0 Å². The molecule has 96 valence electrons. The average molecular weight is 274 g/mol. The fraction of sp³-hybridized carbons (Fsp3) is 0.133. The van der Waals surface area contributed by atoms with Crippen LogP contribution in [0.3, 0.4) is 0 Å². The van der Waals surface area contributed by atoms with Crippen LogP contribution in [0.2, 0.25) is 5.02 Å². The van der Waals surface area contributed by atoms with Crippen LogP contribution in [0.25, 0.3) is 11.0 Å². The van der Waals surface area contributed by atoms with Crippen LogP contribution in [0.15, 0.2) is 47.0 Å². The fourth-order valence-corrected chi connectivity index (χ4v) is 2.25. The lowest BCUT2D eigenvalue weighted by atomic mass is 10.1. The maximum atomic E-state index is 10.3. The van der Waals surface area contributed by atoms with E-state index in [2.05, 4.69) is 4.98 Å². The molecule has 3 rings (SSSR count). The van der Waals surface area contributed by atoms with Gasteiger partial charge >= 0.3 is 0 Å². The summed E-state index contributed by atoms with van der Waals surface area (Å²) in [6.45, 7) is 1.88. The zero-order chi connectivity index (χ0) is 13.4. The standard InChI is InChI=1S/C15H12ClNO2/c1-9-6-10(4-5-17-9)15(18)14-8-11-7-12(16)2-3-13(11)19-14/h2-8,15,18H,1H3. The van der Waals surface area contributed by atoms with Crippen molar-refractivity contribution in [3.8, 4) is 0 Å². The van der Waals surface area contributed by atoms with Gasteiger partial charge in [-0.15, -0.1) is 0 Å². The summed E-state index contributed by atoms with van der Waals surface area (Å²) in [7, 11) is 0. The minimum absolute atomic E-state index is 0.503. The van der Waals surface area contributed by atoms with Gasteiger partial charge < -0.3 is 9.52 Å². The minimum atomic E-state index is -0.798. The second-order valence-electron chi connectivity index (χ2n) is 4.46. The Labute approximate surface area is 115 Å². The van der Waals surface area contributed by atoms with Crippen molar-refractivity contribution in [2.45, 2.75) is 13.0 Å². The van der Waals surface area contributed by atoms with E-state index in [9.17, 15) is 5.11 Å². The summed E-state index contributed by atoms with van der Waals surface area (Å²) in [6, 6.07) is 10.8. The molecule has 0 saturated heterocycles. The molecule has 19 heavy (non-hydrogen) atoms. The zero-order valence-corrected chi connectivity index (χ0v) is 11.1. The van der Waals surface area contributed by atoms with Crippen molar-refractivity contribution in [3.63, 3.8) is 0 Å². The molecule has 0 aliphatic heterocycles. The summed E-state index contributed by atoms with van der Waals surface area (Å²) in [6.07, 6.45) is 0.876. The number of aliphatic hydroxyl groups is 1. The Morgan fingerprint density at radius 1 is 1.21 bits per heavy atom. The van der Waals surface area contributed by atoms with Gasteiger partial charge in [0.05, 0.1) is 0 Å². The van der Waals surface area contributed by atoms with Gasteiger partial charge in [0.1, 0.15) is 17.4 Å². The number of benzene rings is 1. The Kier molecular flexibility index (Phi) is 3.01. The second kappa shape index (κ2) is 4.68. The van der Waals surface area contributed by atoms with Gasteiger partial charge in [0.2, 0.25) is 0 Å². The van der Waals surface area contributed by atoms with Crippen LogP contribution in [0, 0.1) is 6.92 Å². The number of fused-ring (bicyclic) bond motifs is 1. The summed E-state index contributed by atoms with van der Waals surface area (Å²) in [5.41, 5.74) is 2.33. The molecule has 0 radical (unpaired) electrons. The third-order valence-electron chi connectivity index (χ3n) is 3.00. The number of hydrogen-bond acceptors (Lipinski definition) is 3. The molecular formula is C15H12ClNO2. The van der Waals surface area contributed by atoms with Crippen LogP contribution >= 0.6 is 11.6 Å². The van der Waals surface area contributed by atoms with Gasteiger partial charge in [-0.1, -0.05) is 11.6 Å². The number of aromatic nitrogens is 1. The molecular weight excluding hydrogens is 262 g/mol. The molecule has 3 nitrogen and oxygen atoms in total. The molecule has 0 spiro atoms. The predicted octanol–water partition coefficient (Wildman–Crippen LogP) is 3.87. The summed E-state index contributed by atoms with van der Waals surface area (Å²) in [5.74, 6) is 0.503. The monoisotopic (exact) mass is 273 g/mol. The molecule has 2 aromatic heterocycles. The lowest BCUT2D eigenvalue weighted by Gasteiger charge is -2.07. The van der Waals surface area contributed by atoms with Gasteiger partial charge in [-0.05, 0) is 48.9 Å². The van der Waals surface area contributed by atoms with Crippen molar-refractivity contribution in [3.05, 3.63) is 64.6 Å². The van der Waals surface area contributed by atoms with Crippen molar-refractivity contribution < 1.29 is 9.52 Å². The van der Waals surface area contributed by atoms with E-state index in [1.807, 2.05) is 25.1 Å². The number of nitrogens with zero attached hydrogens (tertiary/aromatic N) is 1. The molecule has 1 aromatic carbocycles. The van der Waals surface area contributed by atoms with E-state index in [0.717, 1.165) is 16.6 Å². The number of aliphatic hydroxyl groups excluding tert-OH is 1. The molecule has 0 aliphatic carbocycles. The van der Waals surface area contributed by atoms with Gasteiger partial charge in [-0.3, -0.25) is 4.98 Å². The molecule has 0 amide bonds. The Hall–Kier alpha value is -1.84. The molecule has 0 fully saturated rings. The van der Waals surface area contributed by atoms with E-state index in [0.29, 0.717) is 16.4 Å². The van der Waals surface area contributed by atoms with Crippen LogP contribution in [0.4, 0.5) is 0 Å². The molecule has 2 heterocycles. The Morgan fingerprint density at radius 2 is 2.05 bits per heavy atom. The normalized spacial score (nSPS) is 12.8. The number of halogens is 1. The fourth-order valence-electron chi connectivity index (χ4n) is 2.07. The Morgan fingerprint density at radius 3 is 2.84 bits per heavy atom. The van der Waals surface area contributed by atoms with E-state index in [1.54, 1.807) is 24.4 Å². The minimum Gasteiger partial charge on any atom is -0.458 e. The highest BCUT2D eigenvalue weighted by Gasteiger charge is 2.16. The van der Waals surface area contributed by atoms with Crippen LogP contribution in [-0.4, -0.2) is 10.1 Å². The molecule has 0 saturated carbocycles. The Bertz CT molecular complexity index is 736. The van der Waals surface area contributed by atoms with E-state index in [-0.39, 0.29) is 0 Å². The highest BCUT2D eigenvalue weighted by atomic mass is 35.5. The largest absolute Gasteiger partial charge is 0.458 e. The molecule has 4 heteroatoms. The molecule has 3 aromatic rings. The number of hydrogen-bond donors (Lipinski definition) is 1. The SMILES string of the molecule is Cc1cc(C(O)c2cc3cc(Cl)ccc3o2)ccn1. The lowest BCUT2D eigenvalue weighted by molar-refractivity contribution is 0.192. The zero-order valence-electron chi connectivity index (χ0n) is 10.3. The van der Waals surface area contributed by atoms with Crippen LogP contribution in [0.1, 0.15) is 23.1 Å². The van der Waals surface area contributed by atoms with Gasteiger partial charge in [-0.25, -0.2) is 0 Å².